The van der Waals surface area contributed by atoms with E-state index in [-0.39, 0.29) is 5.21 Å². The number of halogens is 1. The second-order valence-electron chi connectivity index (χ2n) is 3.67. The van der Waals surface area contributed by atoms with Crippen LogP contribution < -0.4 is 4.90 Å². The lowest BCUT2D eigenvalue weighted by Gasteiger charge is -2.33. The quantitative estimate of drug-likeness (QED) is 0.734. The Labute approximate surface area is 105 Å². The van der Waals surface area contributed by atoms with Gasteiger partial charge in [0.2, 0.25) is 10.0 Å². The average Bonchev–Trinajstić information content (AvgIpc) is 2.40. The molecule has 0 spiro atoms. The molecule has 1 aromatic heterocycles. The van der Waals surface area contributed by atoms with Crippen LogP contribution in [-0.2, 0) is 10.0 Å². The molecule has 0 radical (unpaired) electrons. The molecule has 0 atom stereocenters. The molecule has 6 nitrogen and oxygen atoms in total. The van der Waals surface area contributed by atoms with E-state index in [0.29, 0.717) is 26.2 Å². The Morgan fingerprint density at radius 3 is 2.47 bits per heavy atom. The molecular weight excluding hydrogens is 264 g/mol. The summed E-state index contributed by atoms with van der Waals surface area (Å²) in [5.74, 6) is 0.774. The van der Waals surface area contributed by atoms with E-state index < -0.39 is 10.0 Å². The predicted octanol–water partition coefficient (Wildman–Crippen LogP) is 0.125. The maximum absolute atomic E-state index is 11.5. The van der Waals surface area contributed by atoms with Crippen molar-refractivity contribution in [2.75, 3.05) is 36.3 Å². The number of rotatable bonds is 3. The summed E-state index contributed by atoms with van der Waals surface area (Å²) in [4.78, 5) is 10.2. The summed E-state index contributed by atoms with van der Waals surface area (Å²) in [5.41, 5.74) is 0. The summed E-state index contributed by atoms with van der Waals surface area (Å²) >= 11 is 5.41. The third kappa shape index (κ3) is 2.85. The highest BCUT2D eigenvalue weighted by Gasteiger charge is 2.26. The smallest absolute Gasteiger partial charge is 0.228 e. The van der Waals surface area contributed by atoms with Crippen LogP contribution >= 0.6 is 11.6 Å². The van der Waals surface area contributed by atoms with Crippen LogP contribution in [0, 0.1) is 0 Å². The predicted molar refractivity (Wildman–Crippen MR) is 65.5 cm³/mol. The van der Waals surface area contributed by atoms with E-state index in [2.05, 4.69) is 9.97 Å². The molecule has 0 N–H and O–H groups in total. The molecule has 1 aliphatic rings. The standard InChI is InChI=1S/C9H13ClN4O2S/c10-8-17(15,16)14-5-3-13(4-6-14)9-7-11-1-2-12-9/h1-2,7H,3-6,8H2. The van der Waals surface area contributed by atoms with Crippen molar-refractivity contribution in [1.82, 2.24) is 14.3 Å². The number of alkyl halides is 1. The van der Waals surface area contributed by atoms with Crippen LogP contribution in [0.25, 0.3) is 0 Å². The third-order valence-corrected chi connectivity index (χ3v) is 4.90. The van der Waals surface area contributed by atoms with E-state index in [0.717, 1.165) is 5.82 Å². The highest BCUT2D eigenvalue weighted by Crippen LogP contribution is 2.14. The van der Waals surface area contributed by atoms with Gasteiger partial charge >= 0.3 is 0 Å². The van der Waals surface area contributed by atoms with Crippen molar-refractivity contribution in [3.05, 3.63) is 18.6 Å². The minimum Gasteiger partial charge on any atom is -0.353 e. The summed E-state index contributed by atoms with van der Waals surface area (Å²) in [6.07, 6.45) is 4.90. The Balaban J connectivity index is 2.00. The van der Waals surface area contributed by atoms with Crippen molar-refractivity contribution in [2.24, 2.45) is 0 Å². The summed E-state index contributed by atoms with van der Waals surface area (Å²) in [6.45, 7) is 2.08. The molecule has 0 aromatic carbocycles. The lowest BCUT2D eigenvalue weighted by molar-refractivity contribution is 0.386. The van der Waals surface area contributed by atoms with Crippen LogP contribution in [0.1, 0.15) is 0 Å². The molecule has 0 saturated carbocycles. The topological polar surface area (TPSA) is 66.4 Å². The number of sulfonamides is 1. The highest BCUT2D eigenvalue weighted by molar-refractivity contribution is 7.90. The first-order valence-corrected chi connectivity index (χ1v) is 7.32. The number of nitrogens with zero attached hydrogens (tertiary/aromatic N) is 4. The summed E-state index contributed by atoms with van der Waals surface area (Å²) in [5, 5.41) is -0.363. The normalized spacial score (nSPS) is 18.3. The second-order valence-corrected chi connectivity index (χ2v) is 6.22. The van der Waals surface area contributed by atoms with Gasteiger partial charge in [0.1, 0.15) is 11.0 Å². The first-order valence-electron chi connectivity index (χ1n) is 5.18. The maximum atomic E-state index is 11.5. The van der Waals surface area contributed by atoms with Crippen LogP contribution in [0.15, 0.2) is 18.6 Å². The zero-order chi connectivity index (χ0) is 12.3. The molecule has 17 heavy (non-hydrogen) atoms. The molecule has 2 rings (SSSR count). The fourth-order valence-corrected chi connectivity index (χ4v) is 2.99. The summed E-state index contributed by atoms with van der Waals surface area (Å²) in [7, 11) is -3.29. The highest BCUT2D eigenvalue weighted by atomic mass is 35.5. The first-order chi connectivity index (χ1) is 8.13. The minimum atomic E-state index is -3.29. The number of piperazine rings is 1. The van der Waals surface area contributed by atoms with Gasteiger partial charge in [-0.15, -0.1) is 11.6 Å². The van der Waals surface area contributed by atoms with Crippen molar-refractivity contribution in [1.29, 1.82) is 0 Å². The molecule has 94 valence electrons. The van der Waals surface area contributed by atoms with E-state index >= 15 is 0 Å². The summed E-state index contributed by atoms with van der Waals surface area (Å²) in [6, 6.07) is 0. The van der Waals surface area contributed by atoms with E-state index in [9.17, 15) is 8.42 Å². The molecule has 8 heteroatoms. The van der Waals surface area contributed by atoms with E-state index in [1.165, 1.54) is 4.31 Å². The molecule has 0 unspecified atom stereocenters. The molecule has 0 amide bonds. The van der Waals surface area contributed by atoms with Gasteiger partial charge in [0.25, 0.3) is 0 Å². The van der Waals surface area contributed by atoms with Crippen molar-refractivity contribution in [3.8, 4) is 0 Å². The molecule has 1 saturated heterocycles. The van der Waals surface area contributed by atoms with Gasteiger partial charge in [-0.3, -0.25) is 4.98 Å². The molecule has 1 aromatic rings. The van der Waals surface area contributed by atoms with Crippen LogP contribution in [0.3, 0.4) is 0 Å². The molecule has 0 aliphatic carbocycles. The molecule has 1 aliphatic heterocycles. The van der Waals surface area contributed by atoms with Crippen molar-refractivity contribution in [3.63, 3.8) is 0 Å². The van der Waals surface area contributed by atoms with Gasteiger partial charge in [-0.1, -0.05) is 0 Å². The van der Waals surface area contributed by atoms with Crippen LogP contribution in [0.2, 0.25) is 0 Å². The third-order valence-electron chi connectivity index (χ3n) is 2.64. The molecular formula is C9H13ClN4O2S. The van der Waals surface area contributed by atoms with Crippen molar-refractivity contribution < 1.29 is 8.42 Å². The van der Waals surface area contributed by atoms with Crippen LogP contribution in [0.5, 0.6) is 0 Å². The van der Waals surface area contributed by atoms with Crippen LogP contribution in [-0.4, -0.2) is 54.1 Å². The number of hydrogen-bond acceptors (Lipinski definition) is 5. The fraction of sp³-hybridized carbons (Fsp3) is 0.556. The molecule has 1 fully saturated rings. The van der Waals surface area contributed by atoms with Gasteiger partial charge in [0.15, 0.2) is 0 Å². The van der Waals surface area contributed by atoms with E-state index in [4.69, 9.17) is 11.6 Å². The Morgan fingerprint density at radius 1 is 1.24 bits per heavy atom. The van der Waals surface area contributed by atoms with Gasteiger partial charge in [-0.05, 0) is 0 Å². The van der Waals surface area contributed by atoms with Gasteiger partial charge in [-0.25, -0.2) is 13.4 Å². The Hall–Kier alpha value is -0.920. The van der Waals surface area contributed by atoms with Gasteiger partial charge < -0.3 is 4.90 Å². The first kappa shape index (κ1) is 12.5. The lowest BCUT2D eigenvalue weighted by Crippen LogP contribution is -2.49. The van der Waals surface area contributed by atoms with Crippen molar-refractivity contribution in [2.45, 2.75) is 0 Å². The Bertz CT molecular complexity index is 459. The SMILES string of the molecule is O=S(=O)(CCl)N1CCN(c2cnccn2)CC1. The minimum absolute atomic E-state index is 0.363. The van der Waals surface area contributed by atoms with E-state index in [1.807, 2.05) is 4.90 Å². The average molecular weight is 277 g/mol. The largest absolute Gasteiger partial charge is 0.353 e. The molecule has 2 heterocycles. The van der Waals surface area contributed by atoms with Crippen LogP contribution in [0.4, 0.5) is 5.82 Å². The van der Waals surface area contributed by atoms with Gasteiger partial charge in [0, 0.05) is 38.6 Å². The van der Waals surface area contributed by atoms with Gasteiger partial charge in [0.05, 0.1) is 6.20 Å². The number of anilines is 1. The second kappa shape index (κ2) is 5.16. The number of hydrogen-bond donors (Lipinski definition) is 0. The zero-order valence-electron chi connectivity index (χ0n) is 9.16. The molecule has 0 bridgehead atoms. The van der Waals surface area contributed by atoms with Crippen molar-refractivity contribution >= 4 is 27.4 Å². The maximum Gasteiger partial charge on any atom is 0.228 e. The monoisotopic (exact) mass is 276 g/mol. The number of aromatic nitrogens is 2. The zero-order valence-corrected chi connectivity index (χ0v) is 10.7. The Kier molecular flexibility index (Phi) is 3.80. The van der Waals surface area contributed by atoms with Gasteiger partial charge in [-0.2, -0.15) is 4.31 Å². The fourth-order valence-electron chi connectivity index (χ4n) is 1.72. The Morgan fingerprint density at radius 2 is 1.94 bits per heavy atom. The van der Waals surface area contributed by atoms with E-state index in [1.54, 1.807) is 18.6 Å². The lowest BCUT2D eigenvalue weighted by atomic mass is 10.3. The summed E-state index contributed by atoms with van der Waals surface area (Å²) < 4.78 is 24.5.